The summed E-state index contributed by atoms with van der Waals surface area (Å²) < 4.78 is 0.910. The number of carbonyl (C=O) groups excluding carboxylic acids is 1. The van der Waals surface area contributed by atoms with Crippen molar-refractivity contribution in [2.75, 3.05) is 7.05 Å². The number of hydrogen-bond acceptors (Lipinski definition) is 4. The number of thiazole rings is 1. The van der Waals surface area contributed by atoms with Crippen LogP contribution in [0.15, 0.2) is 23.7 Å². The van der Waals surface area contributed by atoms with Crippen molar-refractivity contribution >= 4 is 33.4 Å². The Kier molecular flexibility index (Phi) is 3.28. The number of carboxylic acid groups (broad SMARTS) is 1. The summed E-state index contributed by atoms with van der Waals surface area (Å²) in [4.78, 5) is 28.8. The number of carbonyl (C=O) groups is 2. The average molecular weight is 278 g/mol. The van der Waals surface area contributed by atoms with E-state index in [4.69, 9.17) is 5.11 Å². The van der Waals surface area contributed by atoms with Crippen LogP contribution in [0.3, 0.4) is 0 Å². The molecule has 1 N–H and O–H groups in total. The number of carboxylic acids is 1. The standard InChI is InChI=1S/C13H14N2O3S/c1-13(2,12(17)18)15(3)11(16)8-4-5-9-10(6-8)19-7-14-9/h4-7H,1-3H3,(H,17,18). The van der Waals surface area contributed by atoms with Crippen molar-refractivity contribution in [2.24, 2.45) is 0 Å². The normalized spacial score (nSPS) is 11.5. The highest BCUT2D eigenvalue weighted by Crippen LogP contribution is 2.22. The molecule has 1 heterocycles. The predicted octanol–water partition coefficient (Wildman–Crippen LogP) is 2.23. The third-order valence-electron chi connectivity index (χ3n) is 3.24. The maximum absolute atomic E-state index is 12.3. The van der Waals surface area contributed by atoms with E-state index in [1.54, 1.807) is 23.7 Å². The zero-order valence-corrected chi connectivity index (χ0v) is 11.7. The average Bonchev–Trinajstić information content (AvgIpc) is 2.83. The quantitative estimate of drug-likeness (QED) is 0.934. The first-order valence-electron chi connectivity index (χ1n) is 5.69. The molecule has 19 heavy (non-hydrogen) atoms. The van der Waals surface area contributed by atoms with Crippen molar-refractivity contribution in [1.29, 1.82) is 0 Å². The maximum Gasteiger partial charge on any atom is 0.329 e. The molecule has 0 saturated carbocycles. The van der Waals surface area contributed by atoms with Gasteiger partial charge in [0.1, 0.15) is 5.54 Å². The molecule has 0 aliphatic heterocycles. The minimum atomic E-state index is -1.25. The molecule has 0 aliphatic rings. The highest BCUT2D eigenvalue weighted by atomic mass is 32.1. The molecule has 0 fully saturated rings. The Bertz CT molecular complexity index is 648. The van der Waals surface area contributed by atoms with Crippen LogP contribution in [0.25, 0.3) is 10.2 Å². The summed E-state index contributed by atoms with van der Waals surface area (Å²) in [5.74, 6) is -1.36. The molecule has 1 aromatic carbocycles. The molecular formula is C13H14N2O3S. The Labute approximate surface area is 114 Å². The van der Waals surface area contributed by atoms with Gasteiger partial charge in [-0.2, -0.15) is 0 Å². The second kappa shape index (κ2) is 4.62. The number of benzene rings is 1. The lowest BCUT2D eigenvalue weighted by Crippen LogP contribution is -2.50. The summed E-state index contributed by atoms with van der Waals surface area (Å²) in [7, 11) is 1.49. The Morgan fingerprint density at radius 1 is 1.37 bits per heavy atom. The topological polar surface area (TPSA) is 70.5 Å². The van der Waals surface area contributed by atoms with Crippen LogP contribution < -0.4 is 0 Å². The van der Waals surface area contributed by atoms with Crippen LogP contribution in [0.2, 0.25) is 0 Å². The van der Waals surface area contributed by atoms with E-state index in [0.29, 0.717) is 5.56 Å². The number of rotatable bonds is 3. The number of amides is 1. The van der Waals surface area contributed by atoms with Crippen LogP contribution in [-0.4, -0.2) is 39.5 Å². The summed E-state index contributed by atoms with van der Waals surface area (Å²) in [6.45, 7) is 3.00. The summed E-state index contributed by atoms with van der Waals surface area (Å²) in [6, 6.07) is 5.17. The van der Waals surface area contributed by atoms with E-state index < -0.39 is 11.5 Å². The van der Waals surface area contributed by atoms with Gasteiger partial charge in [0.05, 0.1) is 15.7 Å². The van der Waals surface area contributed by atoms with Crippen LogP contribution >= 0.6 is 11.3 Å². The molecule has 5 nitrogen and oxygen atoms in total. The van der Waals surface area contributed by atoms with Crippen molar-refractivity contribution in [3.8, 4) is 0 Å². The zero-order valence-electron chi connectivity index (χ0n) is 10.9. The number of hydrogen-bond donors (Lipinski definition) is 1. The number of aliphatic carboxylic acids is 1. The van der Waals surface area contributed by atoms with Crippen molar-refractivity contribution < 1.29 is 14.7 Å². The van der Waals surface area contributed by atoms with Crippen molar-refractivity contribution in [3.05, 3.63) is 29.3 Å². The molecule has 2 aromatic rings. The molecule has 0 spiro atoms. The maximum atomic E-state index is 12.3. The van der Waals surface area contributed by atoms with E-state index in [1.165, 1.54) is 37.1 Å². The SMILES string of the molecule is CN(C(=O)c1ccc2ncsc2c1)C(C)(C)C(=O)O. The predicted molar refractivity (Wildman–Crippen MR) is 73.4 cm³/mol. The first-order valence-corrected chi connectivity index (χ1v) is 6.57. The molecule has 0 bridgehead atoms. The highest BCUT2D eigenvalue weighted by molar-refractivity contribution is 7.16. The Morgan fingerprint density at radius 2 is 2.05 bits per heavy atom. The summed E-state index contributed by atoms with van der Waals surface area (Å²) in [6.07, 6.45) is 0. The van der Waals surface area contributed by atoms with Gasteiger partial charge >= 0.3 is 5.97 Å². The molecule has 0 aliphatic carbocycles. The second-order valence-electron chi connectivity index (χ2n) is 4.76. The smallest absolute Gasteiger partial charge is 0.329 e. The molecule has 2 rings (SSSR count). The molecule has 1 amide bonds. The lowest BCUT2D eigenvalue weighted by Gasteiger charge is -2.31. The van der Waals surface area contributed by atoms with Gasteiger partial charge in [0.15, 0.2) is 0 Å². The zero-order chi connectivity index (χ0) is 14.2. The van der Waals surface area contributed by atoms with E-state index in [1.807, 2.05) is 0 Å². The monoisotopic (exact) mass is 278 g/mol. The van der Waals surface area contributed by atoms with E-state index in [9.17, 15) is 9.59 Å². The first-order chi connectivity index (χ1) is 8.84. The number of nitrogens with zero attached hydrogens (tertiary/aromatic N) is 2. The molecule has 0 atom stereocenters. The second-order valence-corrected chi connectivity index (χ2v) is 5.65. The van der Waals surface area contributed by atoms with Crippen LogP contribution in [0.5, 0.6) is 0 Å². The van der Waals surface area contributed by atoms with Gasteiger partial charge in [-0.25, -0.2) is 9.78 Å². The Hall–Kier alpha value is -1.95. The lowest BCUT2D eigenvalue weighted by molar-refractivity contribution is -0.147. The van der Waals surface area contributed by atoms with Gasteiger partial charge in [0.2, 0.25) is 0 Å². The van der Waals surface area contributed by atoms with Crippen molar-refractivity contribution in [2.45, 2.75) is 19.4 Å². The Morgan fingerprint density at radius 3 is 2.68 bits per heavy atom. The molecule has 1 aromatic heterocycles. The van der Waals surface area contributed by atoms with Crippen LogP contribution in [0.4, 0.5) is 0 Å². The third-order valence-corrected chi connectivity index (χ3v) is 4.04. The largest absolute Gasteiger partial charge is 0.480 e. The summed E-state index contributed by atoms with van der Waals surface area (Å²) in [5.41, 5.74) is 1.76. The third kappa shape index (κ3) is 2.31. The van der Waals surface area contributed by atoms with Crippen LogP contribution in [0.1, 0.15) is 24.2 Å². The fourth-order valence-corrected chi connectivity index (χ4v) is 2.30. The van der Waals surface area contributed by atoms with E-state index >= 15 is 0 Å². The minimum Gasteiger partial charge on any atom is -0.480 e. The molecule has 0 radical (unpaired) electrons. The minimum absolute atomic E-state index is 0.317. The summed E-state index contributed by atoms with van der Waals surface area (Å²) >= 11 is 1.45. The number of likely N-dealkylation sites (N-methyl/N-ethyl adjacent to an activating group) is 1. The lowest BCUT2D eigenvalue weighted by atomic mass is 10.0. The fourth-order valence-electron chi connectivity index (χ4n) is 1.58. The van der Waals surface area contributed by atoms with Crippen molar-refractivity contribution in [3.63, 3.8) is 0 Å². The highest BCUT2D eigenvalue weighted by Gasteiger charge is 2.35. The molecule has 100 valence electrons. The number of fused-ring (bicyclic) bond motifs is 1. The van der Waals surface area contributed by atoms with Gasteiger partial charge < -0.3 is 10.0 Å². The van der Waals surface area contributed by atoms with E-state index in [-0.39, 0.29) is 5.91 Å². The van der Waals surface area contributed by atoms with Gasteiger partial charge in [-0.1, -0.05) is 0 Å². The van der Waals surface area contributed by atoms with Crippen LogP contribution in [0, 0.1) is 0 Å². The molecule has 6 heteroatoms. The summed E-state index contributed by atoms with van der Waals surface area (Å²) in [5, 5.41) is 9.14. The Balaban J connectivity index is 2.35. The molecule has 0 unspecified atom stereocenters. The van der Waals surface area contributed by atoms with Crippen molar-refractivity contribution in [1.82, 2.24) is 9.88 Å². The van der Waals surface area contributed by atoms with E-state index in [2.05, 4.69) is 4.98 Å². The molecular weight excluding hydrogens is 264 g/mol. The van der Waals surface area contributed by atoms with Gasteiger partial charge in [-0.15, -0.1) is 11.3 Å². The number of aromatic nitrogens is 1. The van der Waals surface area contributed by atoms with Gasteiger partial charge in [0, 0.05) is 12.6 Å². The van der Waals surface area contributed by atoms with Gasteiger partial charge in [-0.05, 0) is 32.0 Å². The fraction of sp³-hybridized carbons (Fsp3) is 0.308. The first kappa shape index (κ1) is 13.5. The van der Waals surface area contributed by atoms with Gasteiger partial charge in [0.25, 0.3) is 5.91 Å². The van der Waals surface area contributed by atoms with Gasteiger partial charge in [-0.3, -0.25) is 4.79 Å². The van der Waals surface area contributed by atoms with E-state index in [0.717, 1.165) is 10.2 Å². The molecule has 0 saturated heterocycles. The van der Waals surface area contributed by atoms with Crippen LogP contribution in [-0.2, 0) is 4.79 Å².